The van der Waals surface area contributed by atoms with Crippen molar-refractivity contribution >= 4 is 23.2 Å². The molecule has 0 aromatic heterocycles. The van der Waals surface area contributed by atoms with Crippen molar-refractivity contribution in [1.29, 1.82) is 0 Å². The molecule has 1 N–H and O–H groups in total. The fourth-order valence-corrected chi connectivity index (χ4v) is 2.20. The van der Waals surface area contributed by atoms with Gasteiger partial charge in [-0.3, -0.25) is 0 Å². The molecule has 1 aliphatic heterocycles. The zero-order valence-electron chi connectivity index (χ0n) is 8.06. The molecule has 2 rings (SSSR count). The Balaban J connectivity index is 2.20. The Kier molecular flexibility index (Phi) is 3.01. The molecule has 1 aromatic carbocycles. The van der Waals surface area contributed by atoms with Gasteiger partial charge in [0.2, 0.25) is 0 Å². The molecule has 0 unspecified atom stereocenters. The quantitative estimate of drug-likeness (QED) is 0.776. The van der Waals surface area contributed by atoms with Crippen molar-refractivity contribution in [1.82, 2.24) is 5.32 Å². The van der Waals surface area contributed by atoms with Crippen molar-refractivity contribution in [2.45, 2.75) is 19.4 Å². The Morgan fingerprint density at radius 2 is 2.07 bits per heavy atom. The van der Waals surface area contributed by atoms with Gasteiger partial charge in [0.25, 0.3) is 0 Å². The zero-order valence-corrected chi connectivity index (χ0v) is 9.57. The van der Waals surface area contributed by atoms with E-state index >= 15 is 0 Å². The van der Waals surface area contributed by atoms with Crippen LogP contribution in [-0.2, 0) is 0 Å². The molecular weight excluding hydrogens is 217 g/mol. The van der Waals surface area contributed by atoms with E-state index in [1.165, 1.54) is 12.0 Å². The van der Waals surface area contributed by atoms with Gasteiger partial charge < -0.3 is 5.32 Å². The molecule has 1 aromatic rings. The van der Waals surface area contributed by atoms with E-state index in [0.717, 1.165) is 12.5 Å². The summed E-state index contributed by atoms with van der Waals surface area (Å²) in [5.41, 5.74) is 1.24. The second-order valence-corrected chi connectivity index (χ2v) is 4.79. The number of hydrogen-bond donors (Lipinski definition) is 1. The molecular formula is C11H13Cl2N. The van der Waals surface area contributed by atoms with Crippen molar-refractivity contribution in [2.75, 3.05) is 6.54 Å². The molecule has 1 aliphatic rings. The van der Waals surface area contributed by atoms with Crippen LogP contribution in [-0.4, -0.2) is 6.54 Å². The minimum Gasteiger partial charge on any atom is -0.310 e. The zero-order chi connectivity index (χ0) is 10.1. The summed E-state index contributed by atoms with van der Waals surface area (Å²) in [6, 6.07) is 6.31. The van der Waals surface area contributed by atoms with Gasteiger partial charge in [-0.25, -0.2) is 0 Å². The minimum atomic E-state index is 0.444. The number of benzene rings is 1. The van der Waals surface area contributed by atoms with Crippen molar-refractivity contribution < 1.29 is 0 Å². The van der Waals surface area contributed by atoms with Crippen LogP contribution in [0.3, 0.4) is 0 Å². The average Bonchev–Trinajstić information content (AvgIpc) is 2.57. The van der Waals surface area contributed by atoms with Gasteiger partial charge in [0, 0.05) is 6.04 Å². The van der Waals surface area contributed by atoms with Crippen LogP contribution in [0.25, 0.3) is 0 Å². The van der Waals surface area contributed by atoms with Crippen LogP contribution in [0.4, 0.5) is 0 Å². The summed E-state index contributed by atoms with van der Waals surface area (Å²) in [7, 11) is 0. The minimum absolute atomic E-state index is 0.444. The molecule has 0 amide bonds. The van der Waals surface area contributed by atoms with Crippen LogP contribution in [0.1, 0.15) is 24.9 Å². The fourth-order valence-electron chi connectivity index (χ4n) is 1.90. The lowest BCUT2D eigenvalue weighted by molar-refractivity contribution is 0.612. The molecule has 0 bridgehead atoms. The van der Waals surface area contributed by atoms with Crippen LogP contribution < -0.4 is 5.32 Å². The maximum absolute atomic E-state index is 5.97. The molecule has 1 saturated heterocycles. The lowest BCUT2D eigenvalue weighted by atomic mass is 10.0. The Labute approximate surface area is 94.4 Å². The van der Waals surface area contributed by atoms with Crippen molar-refractivity contribution in [3.63, 3.8) is 0 Å². The molecule has 76 valence electrons. The molecule has 2 atom stereocenters. The van der Waals surface area contributed by atoms with Gasteiger partial charge in [-0.1, -0.05) is 36.2 Å². The van der Waals surface area contributed by atoms with Crippen molar-refractivity contribution in [3.8, 4) is 0 Å². The predicted molar refractivity (Wildman–Crippen MR) is 61.0 cm³/mol. The van der Waals surface area contributed by atoms with Crippen molar-refractivity contribution in [2.24, 2.45) is 5.92 Å². The summed E-state index contributed by atoms with van der Waals surface area (Å²) < 4.78 is 0. The van der Waals surface area contributed by atoms with E-state index in [1.54, 1.807) is 0 Å². The fraction of sp³-hybridized carbons (Fsp3) is 0.455. The highest BCUT2D eigenvalue weighted by atomic mass is 35.5. The summed E-state index contributed by atoms with van der Waals surface area (Å²) in [5.74, 6) is 0.745. The Bertz CT molecular complexity index is 338. The molecule has 0 saturated carbocycles. The number of hydrogen-bond acceptors (Lipinski definition) is 1. The highest BCUT2D eigenvalue weighted by Crippen LogP contribution is 2.31. The average molecular weight is 230 g/mol. The van der Waals surface area contributed by atoms with E-state index in [0.29, 0.717) is 16.1 Å². The Morgan fingerprint density at radius 1 is 1.29 bits per heavy atom. The van der Waals surface area contributed by atoms with Crippen LogP contribution in [0, 0.1) is 5.92 Å². The molecule has 1 heterocycles. The summed E-state index contributed by atoms with van der Waals surface area (Å²) in [5, 5.41) is 4.74. The summed E-state index contributed by atoms with van der Waals surface area (Å²) in [6.07, 6.45) is 1.18. The van der Waals surface area contributed by atoms with Crippen molar-refractivity contribution in [3.05, 3.63) is 33.8 Å². The number of halogens is 2. The highest BCUT2D eigenvalue weighted by molar-refractivity contribution is 6.42. The lowest BCUT2D eigenvalue weighted by Gasteiger charge is -2.11. The first-order chi connectivity index (χ1) is 6.66. The van der Waals surface area contributed by atoms with E-state index in [1.807, 2.05) is 18.2 Å². The van der Waals surface area contributed by atoms with Gasteiger partial charge in [-0.05, 0) is 36.6 Å². The van der Waals surface area contributed by atoms with Crippen LogP contribution in [0.5, 0.6) is 0 Å². The first kappa shape index (κ1) is 10.3. The van der Waals surface area contributed by atoms with Gasteiger partial charge in [-0.15, -0.1) is 0 Å². The summed E-state index contributed by atoms with van der Waals surface area (Å²) in [6.45, 7) is 3.34. The second kappa shape index (κ2) is 4.09. The number of nitrogens with one attached hydrogen (secondary N) is 1. The summed E-state index contributed by atoms with van der Waals surface area (Å²) >= 11 is 11.8. The first-order valence-electron chi connectivity index (χ1n) is 4.85. The molecule has 0 spiro atoms. The summed E-state index contributed by atoms with van der Waals surface area (Å²) in [4.78, 5) is 0. The van der Waals surface area contributed by atoms with E-state index in [9.17, 15) is 0 Å². The van der Waals surface area contributed by atoms with E-state index in [2.05, 4.69) is 12.2 Å². The third-order valence-electron chi connectivity index (χ3n) is 2.70. The Hall–Kier alpha value is -0.240. The predicted octanol–water partition coefficient (Wildman–Crippen LogP) is 3.66. The molecule has 14 heavy (non-hydrogen) atoms. The van der Waals surface area contributed by atoms with Gasteiger partial charge in [0.05, 0.1) is 10.0 Å². The lowest BCUT2D eigenvalue weighted by Crippen LogP contribution is -2.13. The molecule has 0 radical (unpaired) electrons. The Morgan fingerprint density at radius 3 is 2.64 bits per heavy atom. The molecule has 0 aliphatic carbocycles. The largest absolute Gasteiger partial charge is 0.310 e. The molecule has 1 nitrogen and oxygen atoms in total. The standard InChI is InChI=1S/C11H13Cl2N/c1-7-4-11(14-6-7)8-2-3-9(12)10(13)5-8/h2-3,5,7,11,14H,4,6H2,1H3/t7-,11-/m0/s1. The number of rotatable bonds is 1. The molecule has 3 heteroatoms. The topological polar surface area (TPSA) is 12.0 Å². The van der Waals surface area contributed by atoms with E-state index in [4.69, 9.17) is 23.2 Å². The van der Waals surface area contributed by atoms with Gasteiger partial charge in [-0.2, -0.15) is 0 Å². The smallest absolute Gasteiger partial charge is 0.0595 e. The highest BCUT2D eigenvalue weighted by Gasteiger charge is 2.22. The van der Waals surface area contributed by atoms with Gasteiger partial charge >= 0.3 is 0 Å². The van der Waals surface area contributed by atoms with Gasteiger partial charge in [0.15, 0.2) is 0 Å². The van der Waals surface area contributed by atoms with Gasteiger partial charge in [0.1, 0.15) is 0 Å². The van der Waals surface area contributed by atoms with Crippen LogP contribution in [0.15, 0.2) is 18.2 Å². The van der Waals surface area contributed by atoms with E-state index in [-0.39, 0.29) is 0 Å². The second-order valence-electron chi connectivity index (χ2n) is 3.98. The first-order valence-corrected chi connectivity index (χ1v) is 5.60. The molecule has 1 fully saturated rings. The van der Waals surface area contributed by atoms with Crippen LogP contribution >= 0.6 is 23.2 Å². The maximum atomic E-state index is 5.97. The van der Waals surface area contributed by atoms with E-state index < -0.39 is 0 Å². The third kappa shape index (κ3) is 2.05. The SMILES string of the molecule is C[C@@H]1CN[C@H](c2ccc(Cl)c(Cl)c2)C1. The monoisotopic (exact) mass is 229 g/mol. The maximum Gasteiger partial charge on any atom is 0.0595 e. The normalized spacial score (nSPS) is 26.8. The third-order valence-corrected chi connectivity index (χ3v) is 3.44. The van der Waals surface area contributed by atoms with Crippen LogP contribution in [0.2, 0.25) is 10.0 Å².